The smallest absolute Gasteiger partial charge is 0.323 e. The van der Waals surface area contributed by atoms with Gasteiger partial charge in [-0.05, 0) is 43.2 Å². The zero-order valence-corrected chi connectivity index (χ0v) is 26.0. The molecule has 14 nitrogen and oxygen atoms in total. The number of anilines is 1. The lowest BCUT2D eigenvalue weighted by molar-refractivity contribution is -0.148. The number of hydrogen-bond acceptors (Lipinski definition) is 13. The topological polar surface area (TPSA) is 185 Å². The van der Waals surface area contributed by atoms with Crippen molar-refractivity contribution >= 4 is 41.5 Å². The number of carbonyl (C=O) groups is 1. The third kappa shape index (κ3) is 7.17. The molecule has 230 valence electrons. The van der Waals surface area contributed by atoms with Gasteiger partial charge in [-0.3, -0.25) is 9.36 Å². The Hall–Kier alpha value is -2.91. The summed E-state index contributed by atoms with van der Waals surface area (Å²) in [5.41, 5.74) is 4.33. The number of para-hydroxylation sites is 1. The first kappa shape index (κ1) is 32.0. The Morgan fingerprint density at radius 3 is 2.64 bits per heavy atom. The van der Waals surface area contributed by atoms with E-state index in [-0.39, 0.29) is 36.1 Å². The molecule has 16 heteroatoms. The van der Waals surface area contributed by atoms with Crippen LogP contribution in [-0.2, 0) is 30.6 Å². The molecule has 0 saturated carbocycles. The van der Waals surface area contributed by atoms with E-state index in [9.17, 15) is 15.0 Å². The summed E-state index contributed by atoms with van der Waals surface area (Å²) in [7, 11) is 1.42. The molecule has 2 aromatic heterocycles. The Bertz CT molecular complexity index is 1450. The van der Waals surface area contributed by atoms with Gasteiger partial charge in [-0.25, -0.2) is 10.1 Å². The molecule has 0 bridgehead atoms. The highest BCUT2D eigenvalue weighted by atomic mass is 32.5. The van der Waals surface area contributed by atoms with Gasteiger partial charge in [0.2, 0.25) is 11.8 Å². The van der Waals surface area contributed by atoms with Crippen LogP contribution in [0.2, 0.25) is 0 Å². The van der Waals surface area contributed by atoms with Gasteiger partial charge >= 0.3 is 12.6 Å². The highest BCUT2D eigenvalue weighted by Gasteiger charge is 2.54. The number of fused-ring (bicyclic) bond motifs is 1. The zero-order chi connectivity index (χ0) is 30.9. The van der Waals surface area contributed by atoms with Crippen molar-refractivity contribution in [2.45, 2.75) is 64.7 Å². The van der Waals surface area contributed by atoms with Crippen molar-refractivity contribution in [1.29, 1.82) is 0 Å². The number of nitrogen functional groups attached to an aromatic ring is 1. The van der Waals surface area contributed by atoms with Gasteiger partial charge in [-0.15, -0.1) is 0 Å². The molecule has 0 aliphatic carbocycles. The molecule has 3 aromatic rings. The number of hydrogen-bond donors (Lipinski definition) is 4. The maximum absolute atomic E-state index is 12.7. The highest BCUT2D eigenvalue weighted by Crippen LogP contribution is 2.47. The van der Waals surface area contributed by atoms with Gasteiger partial charge in [0.05, 0.1) is 26.7 Å². The molecule has 2 unspecified atom stereocenters. The number of esters is 1. The molecule has 1 aromatic carbocycles. The number of benzene rings is 1. The lowest BCUT2D eigenvalue weighted by Crippen LogP contribution is -2.44. The molecule has 0 amide bonds. The second-order valence-electron chi connectivity index (χ2n) is 11.3. The molecule has 5 N–H and O–H groups in total. The number of nitrogens with two attached hydrogens (primary N) is 1. The number of aromatic nitrogens is 4. The summed E-state index contributed by atoms with van der Waals surface area (Å²) in [6, 6.07) is 7.87. The van der Waals surface area contributed by atoms with Crippen molar-refractivity contribution in [1.82, 2.24) is 24.6 Å². The molecule has 0 spiro atoms. The van der Waals surface area contributed by atoms with E-state index in [0.29, 0.717) is 11.3 Å². The molecule has 6 atom stereocenters. The number of aliphatic hydroxyl groups excluding tert-OH is 1. The van der Waals surface area contributed by atoms with Crippen LogP contribution in [0.1, 0.15) is 40.8 Å². The average molecular weight is 625 g/mol. The lowest BCUT2D eigenvalue weighted by atomic mass is 9.96. The first-order valence-corrected chi connectivity index (χ1v) is 15.8. The van der Waals surface area contributed by atoms with Crippen LogP contribution in [0.15, 0.2) is 36.7 Å². The summed E-state index contributed by atoms with van der Waals surface area (Å²) in [4.78, 5) is 25.2. The van der Waals surface area contributed by atoms with E-state index >= 15 is 0 Å². The molecular weight excluding hydrogens is 587 g/mol. The monoisotopic (exact) mass is 624 g/mol. The molecule has 1 fully saturated rings. The van der Waals surface area contributed by atoms with Gasteiger partial charge in [-0.2, -0.15) is 9.97 Å². The maximum Gasteiger partial charge on any atom is 0.323 e. The van der Waals surface area contributed by atoms with Gasteiger partial charge in [0.15, 0.2) is 17.4 Å². The first-order chi connectivity index (χ1) is 19.6. The number of nitrogens with zero attached hydrogens (tertiary/aromatic N) is 4. The molecular formula is C26H37N6O8PS. The van der Waals surface area contributed by atoms with E-state index in [0.717, 1.165) is 0 Å². The number of methoxy groups -OCH3 is 1. The molecule has 42 heavy (non-hydrogen) atoms. The van der Waals surface area contributed by atoms with Crippen LogP contribution in [0.4, 0.5) is 5.95 Å². The summed E-state index contributed by atoms with van der Waals surface area (Å²) < 4.78 is 30.3. The number of ether oxygens (including phenoxy) is 3. The summed E-state index contributed by atoms with van der Waals surface area (Å²) in [6.45, 7) is 5.34. The fourth-order valence-corrected chi connectivity index (χ4v) is 6.60. The third-order valence-corrected chi connectivity index (χ3v) is 8.84. The number of nitrogens with one attached hydrogen (secondary N) is 1. The third-order valence-electron chi connectivity index (χ3n) is 6.34. The van der Waals surface area contributed by atoms with Crippen molar-refractivity contribution in [3.8, 4) is 11.6 Å². The van der Waals surface area contributed by atoms with Crippen LogP contribution in [0.5, 0.6) is 11.6 Å². The minimum absolute atomic E-state index is 0.0702. The van der Waals surface area contributed by atoms with Crippen molar-refractivity contribution in [3.05, 3.63) is 36.7 Å². The fraction of sp³-hybridized carbons (Fsp3) is 0.538. The SMILES string of the molecule is COc1nc(N)nc2c1ncn2[C@@H]1O[C@H](COP(=S)(NC(C)C(=O)OCC(C)(C)C)Oc2ccccc2)[C@@H](O)[C@@]1(C)O. The van der Waals surface area contributed by atoms with E-state index < -0.39 is 42.7 Å². The normalized spacial score (nSPS) is 24.7. The van der Waals surface area contributed by atoms with Crippen LogP contribution >= 0.6 is 6.64 Å². The Balaban J connectivity index is 1.54. The lowest BCUT2D eigenvalue weighted by Gasteiger charge is -2.29. The Kier molecular flexibility index (Phi) is 9.43. The zero-order valence-electron chi connectivity index (χ0n) is 24.3. The van der Waals surface area contributed by atoms with E-state index in [1.807, 2.05) is 26.8 Å². The molecule has 3 heterocycles. The summed E-state index contributed by atoms with van der Waals surface area (Å²) in [6.07, 6.45) is -2.24. The summed E-state index contributed by atoms with van der Waals surface area (Å²) in [5.74, 6) is -0.0332. The Morgan fingerprint density at radius 1 is 1.31 bits per heavy atom. The predicted molar refractivity (Wildman–Crippen MR) is 157 cm³/mol. The van der Waals surface area contributed by atoms with Gasteiger partial charge in [0.1, 0.15) is 29.6 Å². The van der Waals surface area contributed by atoms with Gasteiger partial charge < -0.3 is 39.2 Å². The molecule has 1 aliphatic rings. The number of carbonyl (C=O) groups excluding carboxylic acids is 1. The Morgan fingerprint density at radius 2 is 2.00 bits per heavy atom. The standard InChI is InChI=1S/C26H37N6O8PS/c1-15(22(34)37-13-25(2,3)4)31-41(42,40-16-10-8-7-9-11-16)38-12-17-19(33)26(5,35)23(39-17)32-14-28-18-20(32)29-24(27)30-21(18)36-6/h7-11,14-15,17,19,23,33,35H,12-13H2,1-6H3,(H,31,42)(H2,27,29,30)/t15?,17-,19-,23-,26-,41?/m1/s1. The number of rotatable bonds is 11. The van der Waals surface area contributed by atoms with Crippen molar-refractivity contribution in [3.63, 3.8) is 0 Å². The maximum atomic E-state index is 12.7. The predicted octanol–water partition coefficient (Wildman–Crippen LogP) is 2.31. The second-order valence-corrected chi connectivity index (χ2v) is 14.5. The molecule has 1 saturated heterocycles. The van der Waals surface area contributed by atoms with Crippen LogP contribution in [0.3, 0.4) is 0 Å². The van der Waals surface area contributed by atoms with Crippen LogP contribution < -0.4 is 20.1 Å². The van der Waals surface area contributed by atoms with Crippen molar-refractivity contribution in [2.75, 3.05) is 26.1 Å². The second kappa shape index (κ2) is 12.4. The minimum atomic E-state index is -3.44. The van der Waals surface area contributed by atoms with Crippen molar-refractivity contribution < 1.29 is 38.3 Å². The largest absolute Gasteiger partial charge is 0.479 e. The minimum Gasteiger partial charge on any atom is -0.479 e. The quantitative estimate of drug-likeness (QED) is 0.180. The number of imidazole rings is 1. The summed E-state index contributed by atoms with van der Waals surface area (Å²) >= 11 is 5.77. The Labute approximate surface area is 248 Å². The first-order valence-electron chi connectivity index (χ1n) is 13.2. The van der Waals surface area contributed by atoms with Crippen molar-refractivity contribution in [2.24, 2.45) is 5.41 Å². The van der Waals surface area contributed by atoms with E-state index in [1.54, 1.807) is 31.2 Å². The van der Waals surface area contributed by atoms with Crippen LogP contribution in [-0.4, -0.2) is 79.9 Å². The average Bonchev–Trinajstić information content (AvgIpc) is 3.43. The van der Waals surface area contributed by atoms with E-state index in [1.165, 1.54) is 24.9 Å². The van der Waals surface area contributed by atoms with E-state index in [4.69, 9.17) is 40.8 Å². The molecule has 0 radical (unpaired) electrons. The summed E-state index contributed by atoms with van der Waals surface area (Å²) in [5, 5.41) is 25.4. The van der Waals surface area contributed by atoms with E-state index in [2.05, 4.69) is 20.0 Å². The van der Waals surface area contributed by atoms with Gasteiger partial charge in [0, 0.05) is 0 Å². The van der Waals surface area contributed by atoms with Crippen LogP contribution in [0, 0.1) is 5.41 Å². The number of aliphatic hydroxyl groups is 2. The molecule has 1 aliphatic heterocycles. The van der Waals surface area contributed by atoms with Crippen LogP contribution in [0.25, 0.3) is 11.2 Å². The molecule has 4 rings (SSSR count). The van der Waals surface area contributed by atoms with Gasteiger partial charge in [0.25, 0.3) is 0 Å². The van der Waals surface area contributed by atoms with Gasteiger partial charge in [-0.1, -0.05) is 39.0 Å². The fourth-order valence-electron chi connectivity index (χ4n) is 4.18. The highest BCUT2D eigenvalue weighted by molar-refractivity contribution is 8.09.